The predicted molar refractivity (Wildman–Crippen MR) is 81.3 cm³/mol. The van der Waals surface area contributed by atoms with Crippen LogP contribution < -0.4 is 5.32 Å². The van der Waals surface area contributed by atoms with Gasteiger partial charge in [0.25, 0.3) is 0 Å². The summed E-state index contributed by atoms with van der Waals surface area (Å²) >= 11 is 5.00. The van der Waals surface area contributed by atoms with Crippen molar-refractivity contribution in [2.45, 2.75) is 0 Å². The molecule has 0 aromatic carbocycles. The van der Waals surface area contributed by atoms with Gasteiger partial charge in [-0.1, -0.05) is 0 Å². The number of carbonyl (C=O) groups excluding carboxylic acids is 1. The number of nitrogens with zero attached hydrogens (tertiary/aromatic N) is 1. The standard InChI is InChI=1S/C13H17BrN2O2S/c14-12-3-1-11(19-12)2-4-13(17)15-5-6-16-7-9-18-10-8-16/h1-4H,5-10H2,(H,15,17). The zero-order chi connectivity index (χ0) is 13.5. The highest BCUT2D eigenvalue weighted by molar-refractivity contribution is 9.11. The van der Waals surface area contributed by atoms with Crippen molar-refractivity contribution >= 4 is 39.2 Å². The Balaban J connectivity index is 1.65. The first-order valence-electron chi connectivity index (χ1n) is 6.25. The highest BCUT2D eigenvalue weighted by atomic mass is 79.9. The first kappa shape index (κ1) is 14.7. The van der Waals surface area contributed by atoms with E-state index in [1.54, 1.807) is 17.4 Å². The number of morpholine rings is 1. The summed E-state index contributed by atoms with van der Waals surface area (Å²) in [6.07, 6.45) is 3.41. The maximum atomic E-state index is 11.6. The molecule has 0 aliphatic carbocycles. The van der Waals surface area contributed by atoms with E-state index in [-0.39, 0.29) is 5.91 Å². The van der Waals surface area contributed by atoms with Crippen LogP contribution in [-0.2, 0) is 9.53 Å². The van der Waals surface area contributed by atoms with Gasteiger partial charge in [-0.25, -0.2) is 0 Å². The minimum Gasteiger partial charge on any atom is -0.379 e. The minimum absolute atomic E-state index is 0.0437. The Hall–Kier alpha value is -0.690. The Morgan fingerprint density at radius 3 is 2.95 bits per heavy atom. The molecule has 0 atom stereocenters. The van der Waals surface area contributed by atoms with Crippen LogP contribution in [0.15, 0.2) is 22.0 Å². The van der Waals surface area contributed by atoms with Gasteiger partial charge in [0.2, 0.25) is 5.91 Å². The van der Waals surface area contributed by atoms with Crippen LogP contribution in [0, 0.1) is 0 Å². The maximum Gasteiger partial charge on any atom is 0.244 e. The maximum absolute atomic E-state index is 11.6. The molecule has 0 bridgehead atoms. The molecular formula is C13H17BrN2O2S. The Bertz CT molecular complexity index is 442. The van der Waals surface area contributed by atoms with Crippen molar-refractivity contribution in [1.29, 1.82) is 0 Å². The lowest BCUT2D eigenvalue weighted by Gasteiger charge is -2.26. The molecule has 1 aromatic rings. The lowest BCUT2D eigenvalue weighted by atomic mass is 10.4. The van der Waals surface area contributed by atoms with Crippen LogP contribution in [0.5, 0.6) is 0 Å². The van der Waals surface area contributed by atoms with Gasteiger partial charge in [0, 0.05) is 37.1 Å². The number of rotatable bonds is 5. The largest absolute Gasteiger partial charge is 0.379 e. The second kappa shape index (κ2) is 7.79. The molecular weight excluding hydrogens is 328 g/mol. The molecule has 6 heteroatoms. The van der Waals surface area contributed by atoms with Crippen LogP contribution >= 0.6 is 27.3 Å². The lowest BCUT2D eigenvalue weighted by molar-refractivity contribution is -0.116. The normalized spacial score (nSPS) is 16.9. The lowest BCUT2D eigenvalue weighted by Crippen LogP contribution is -2.41. The molecule has 2 heterocycles. The Kier molecular flexibility index (Phi) is 6.03. The van der Waals surface area contributed by atoms with Gasteiger partial charge in [0.15, 0.2) is 0 Å². The topological polar surface area (TPSA) is 41.6 Å². The molecule has 1 N–H and O–H groups in total. The average molecular weight is 345 g/mol. The molecule has 1 aromatic heterocycles. The van der Waals surface area contributed by atoms with Crippen molar-refractivity contribution in [3.8, 4) is 0 Å². The zero-order valence-corrected chi connectivity index (χ0v) is 13.0. The van der Waals surface area contributed by atoms with E-state index in [1.807, 2.05) is 18.2 Å². The van der Waals surface area contributed by atoms with E-state index in [1.165, 1.54) is 0 Å². The number of carbonyl (C=O) groups is 1. The number of thiophene rings is 1. The fourth-order valence-corrected chi connectivity index (χ4v) is 3.12. The van der Waals surface area contributed by atoms with E-state index in [4.69, 9.17) is 4.74 Å². The third-order valence-electron chi connectivity index (χ3n) is 2.82. The number of amides is 1. The van der Waals surface area contributed by atoms with Gasteiger partial charge < -0.3 is 10.1 Å². The average Bonchev–Trinajstić information content (AvgIpc) is 2.83. The molecule has 0 unspecified atom stereocenters. The van der Waals surface area contributed by atoms with Crippen LogP contribution in [0.2, 0.25) is 0 Å². The summed E-state index contributed by atoms with van der Waals surface area (Å²) in [4.78, 5) is 15.0. The molecule has 0 radical (unpaired) electrons. The summed E-state index contributed by atoms with van der Waals surface area (Å²) in [5, 5.41) is 2.89. The number of ether oxygens (including phenoxy) is 1. The van der Waals surface area contributed by atoms with Gasteiger partial charge in [-0.15, -0.1) is 11.3 Å². The smallest absolute Gasteiger partial charge is 0.244 e. The van der Waals surface area contributed by atoms with Crippen molar-refractivity contribution in [3.63, 3.8) is 0 Å². The number of halogens is 1. The minimum atomic E-state index is -0.0437. The zero-order valence-electron chi connectivity index (χ0n) is 10.6. The van der Waals surface area contributed by atoms with Gasteiger partial charge in [0.1, 0.15) is 0 Å². The van der Waals surface area contributed by atoms with Gasteiger partial charge in [-0.05, 0) is 34.1 Å². The summed E-state index contributed by atoms with van der Waals surface area (Å²) < 4.78 is 6.34. The summed E-state index contributed by atoms with van der Waals surface area (Å²) in [6.45, 7) is 5.05. The van der Waals surface area contributed by atoms with E-state index < -0.39 is 0 Å². The number of nitrogens with one attached hydrogen (secondary N) is 1. The third-order valence-corrected chi connectivity index (χ3v) is 4.41. The summed E-state index contributed by atoms with van der Waals surface area (Å²) in [5.74, 6) is -0.0437. The van der Waals surface area contributed by atoms with Gasteiger partial charge >= 0.3 is 0 Å². The monoisotopic (exact) mass is 344 g/mol. The summed E-state index contributed by atoms with van der Waals surface area (Å²) in [7, 11) is 0. The molecule has 1 fully saturated rings. The van der Waals surface area contributed by atoms with Gasteiger partial charge in [-0.3, -0.25) is 9.69 Å². The van der Waals surface area contributed by atoms with E-state index in [2.05, 4.69) is 26.1 Å². The van der Waals surface area contributed by atoms with E-state index in [9.17, 15) is 4.79 Å². The molecule has 4 nitrogen and oxygen atoms in total. The fraction of sp³-hybridized carbons (Fsp3) is 0.462. The second-order valence-corrected chi connectivity index (χ2v) is 6.71. The molecule has 1 saturated heterocycles. The van der Waals surface area contributed by atoms with Crippen molar-refractivity contribution in [2.75, 3.05) is 39.4 Å². The molecule has 1 aliphatic heterocycles. The van der Waals surface area contributed by atoms with Crippen molar-refractivity contribution < 1.29 is 9.53 Å². The first-order chi connectivity index (χ1) is 9.24. The van der Waals surface area contributed by atoms with Crippen LogP contribution in [0.4, 0.5) is 0 Å². The van der Waals surface area contributed by atoms with Crippen LogP contribution in [0.25, 0.3) is 6.08 Å². The SMILES string of the molecule is O=C(C=Cc1ccc(Br)s1)NCCN1CCOCC1. The van der Waals surface area contributed by atoms with E-state index >= 15 is 0 Å². The first-order valence-corrected chi connectivity index (χ1v) is 7.86. The quantitative estimate of drug-likeness (QED) is 0.830. The van der Waals surface area contributed by atoms with Crippen LogP contribution in [-0.4, -0.2) is 50.2 Å². The second-order valence-electron chi connectivity index (χ2n) is 4.22. The molecule has 2 rings (SSSR count). The number of hydrogen-bond donors (Lipinski definition) is 1. The summed E-state index contributed by atoms with van der Waals surface area (Å²) in [5.41, 5.74) is 0. The van der Waals surface area contributed by atoms with E-state index in [0.29, 0.717) is 6.54 Å². The number of hydrogen-bond acceptors (Lipinski definition) is 4. The van der Waals surface area contributed by atoms with Crippen LogP contribution in [0.1, 0.15) is 4.88 Å². The highest BCUT2D eigenvalue weighted by Crippen LogP contribution is 2.22. The Labute approximate surface area is 125 Å². The molecule has 1 amide bonds. The van der Waals surface area contributed by atoms with E-state index in [0.717, 1.165) is 41.5 Å². The fourth-order valence-electron chi connectivity index (χ4n) is 1.80. The third kappa shape index (κ3) is 5.44. The molecule has 104 valence electrons. The van der Waals surface area contributed by atoms with Gasteiger partial charge in [-0.2, -0.15) is 0 Å². The predicted octanol–water partition coefficient (Wildman–Crippen LogP) is 1.97. The molecule has 0 saturated carbocycles. The van der Waals surface area contributed by atoms with Crippen LogP contribution in [0.3, 0.4) is 0 Å². The Morgan fingerprint density at radius 2 is 2.26 bits per heavy atom. The van der Waals surface area contributed by atoms with Gasteiger partial charge in [0.05, 0.1) is 17.0 Å². The molecule has 0 spiro atoms. The summed E-state index contributed by atoms with van der Waals surface area (Å²) in [6, 6.07) is 3.95. The Morgan fingerprint density at radius 1 is 1.47 bits per heavy atom. The molecule has 19 heavy (non-hydrogen) atoms. The highest BCUT2D eigenvalue weighted by Gasteiger charge is 2.09. The van der Waals surface area contributed by atoms with Crippen molar-refractivity contribution in [1.82, 2.24) is 10.2 Å². The van der Waals surface area contributed by atoms with Crippen molar-refractivity contribution in [3.05, 3.63) is 26.9 Å². The van der Waals surface area contributed by atoms with Crippen molar-refractivity contribution in [2.24, 2.45) is 0 Å². The molecule has 1 aliphatic rings.